The van der Waals surface area contributed by atoms with Gasteiger partial charge in [-0.2, -0.15) is 0 Å². The van der Waals surface area contributed by atoms with E-state index in [0.717, 1.165) is 103 Å². The summed E-state index contributed by atoms with van der Waals surface area (Å²) >= 11 is 0. The van der Waals surface area contributed by atoms with Gasteiger partial charge >= 0.3 is 0 Å². The minimum atomic E-state index is -0.616. The number of unbranched alkanes of at least 4 members (excludes halogenated alkanes) is 1. The van der Waals surface area contributed by atoms with Gasteiger partial charge in [0.15, 0.2) is 5.60 Å². The number of allylic oxidation sites excluding steroid dienone is 3. The Kier molecular flexibility index (Phi) is 11.0. The van der Waals surface area contributed by atoms with Crippen molar-refractivity contribution in [1.29, 1.82) is 0 Å². The number of fused-ring (bicyclic) bond motifs is 4. The standard InChI is InChI=1S/C30H38N2O.C7H12O/c1-8-11-14-21(6)33-30(10-3,20(4)5)26-18-28-29-24(19-32(28)22(7)25(26)9-2)17-23-15-12-13-16-27(23)31-29;1-6(2)4-5-7(3)8/h15-18H,4,6-14,19H2,1-3,5H3;1,4-5H2,2-3H3. The lowest BCUT2D eigenvalue weighted by Crippen LogP contribution is -2.38. The monoisotopic (exact) mass is 554 g/mol. The van der Waals surface area contributed by atoms with Gasteiger partial charge in [0.2, 0.25) is 0 Å². The van der Waals surface area contributed by atoms with Crippen molar-refractivity contribution >= 4 is 23.6 Å². The highest BCUT2D eigenvalue weighted by Gasteiger charge is 2.42. The van der Waals surface area contributed by atoms with Crippen molar-refractivity contribution in [1.82, 2.24) is 9.88 Å². The Labute approximate surface area is 248 Å². The minimum absolute atomic E-state index is 0.244. The van der Waals surface area contributed by atoms with Gasteiger partial charge in [-0.15, -0.1) is 6.58 Å². The van der Waals surface area contributed by atoms with E-state index in [2.05, 4.69) is 83.2 Å². The molecule has 41 heavy (non-hydrogen) atoms. The molecule has 1 aromatic heterocycles. The van der Waals surface area contributed by atoms with Crippen LogP contribution in [0, 0.1) is 0 Å². The van der Waals surface area contributed by atoms with Gasteiger partial charge in [-0.3, -0.25) is 0 Å². The molecule has 0 aromatic carbocycles. The first-order valence-corrected chi connectivity index (χ1v) is 15.3. The first-order chi connectivity index (χ1) is 19.5. The van der Waals surface area contributed by atoms with E-state index in [1.807, 2.05) is 6.92 Å². The molecule has 0 fully saturated rings. The number of hydrogen-bond donors (Lipinski definition) is 0. The summed E-state index contributed by atoms with van der Waals surface area (Å²) < 4.78 is 6.71. The molecule has 1 aromatic rings. The van der Waals surface area contributed by atoms with E-state index in [1.54, 1.807) is 6.92 Å². The maximum absolute atomic E-state index is 10.3. The Hall–Kier alpha value is -3.40. The van der Waals surface area contributed by atoms with E-state index >= 15 is 0 Å². The molecular weight excluding hydrogens is 504 g/mol. The van der Waals surface area contributed by atoms with Crippen LogP contribution >= 0.6 is 0 Å². The molecule has 2 aliphatic heterocycles. The van der Waals surface area contributed by atoms with E-state index < -0.39 is 5.60 Å². The first-order valence-electron chi connectivity index (χ1n) is 15.3. The molecule has 0 N–H and O–H groups in total. The third kappa shape index (κ3) is 7.09. The predicted octanol–water partition coefficient (Wildman–Crippen LogP) is 8.20. The molecule has 1 aliphatic carbocycles. The van der Waals surface area contributed by atoms with Crippen LogP contribution in [0.2, 0.25) is 0 Å². The normalized spacial score (nSPS) is 16.5. The van der Waals surface area contributed by atoms with Crippen LogP contribution < -0.4 is 10.6 Å². The second-order valence-electron chi connectivity index (χ2n) is 11.6. The molecule has 0 spiro atoms. The molecule has 4 rings (SSSR count). The molecular formula is C37H50N2O2. The summed E-state index contributed by atoms with van der Waals surface area (Å²) in [5, 5.41) is 2.36. The molecule has 3 aliphatic rings. The van der Waals surface area contributed by atoms with Crippen molar-refractivity contribution in [3.05, 3.63) is 94.0 Å². The minimum Gasteiger partial charge on any atom is -0.483 e. The average Bonchev–Trinajstić information content (AvgIpc) is 3.30. The Bertz CT molecular complexity index is 1410. The van der Waals surface area contributed by atoms with Crippen molar-refractivity contribution in [2.24, 2.45) is 0 Å². The summed E-state index contributed by atoms with van der Waals surface area (Å²) in [6, 6.07) is 2.32. The predicted molar refractivity (Wildman–Crippen MR) is 174 cm³/mol. The lowest BCUT2D eigenvalue weighted by molar-refractivity contribution is -0.116. The fraction of sp³-hybridized carbons (Fsp3) is 0.459. The van der Waals surface area contributed by atoms with Gasteiger partial charge in [0.05, 0.1) is 29.0 Å². The topological polar surface area (TPSA) is 42.4 Å². The van der Waals surface area contributed by atoms with Gasteiger partial charge in [-0.1, -0.05) is 64.7 Å². The van der Waals surface area contributed by atoms with Gasteiger partial charge in [0, 0.05) is 29.7 Å². The number of carbonyl (C=O) groups excluding carboxylic acids is 1. The van der Waals surface area contributed by atoms with Crippen molar-refractivity contribution in [3.63, 3.8) is 0 Å². The maximum Gasteiger partial charge on any atom is 0.154 e. The summed E-state index contributed by atoms with van der Waals surface area (Å²) in [6.07, 6.45) is 15.2. The molecule has 0 saturated carbocycles. The summed E-state index contributed by atoms with van der Waals surface area (Å²) in [5.74, 6) is 1.08. The molecule has 220 valence electrons. The Morgan fingerprint density at radius 3 is 2.32 bits per heavy atom. The van der Waals surface area contributed by atoms with E-state index in [1.165, 1.54) is 16.4 Å². The largest absolute Gasteiger partial charge is 0.483 e. The van der Waals surface area contributed by atoms with E-state index in [-0.39, 0.29) is 5.78 Å². The SMILES string of the molecule is C=C(C)CCC(C)=O.C=C(CCCC)OC(CC)(C(=C)C)C1=C(CC)C(=C)N2Cc3cc4c(nc3C2=C1)=CCCC=4. The average molecular weight is 555 g/mol. The van der Waals surface area contributed by atoms with Crippen LogP contribution in [0.1, 0.15) is 111 Å². The summed E-state index contributed by atoms with van der Waals surface area (Å²) in [7, 11) is 0. The zero-order valence-electron chi connectivity index (χ0n) is 26.4. The Morgan fingerprint density at radius 2 is 1.76 bits per heavy atom. The van der Waals surface area contributed by atoms with Crippen molar-refractivity contribution in [3.8, 4) is 0 Å². The lowest BCUT2D eigenvalue weighted by Gasteiger charge is -2.41. The number of nitrogens with zero attached hydrogens (tertiary/aromatic N) is 2. The summed E-state index contributed by atoms with van der Waals surface area (Å²) in [5.41, 5.74) is 8.40. The molecule has 0 radical (unpaired) electrons. The van der Waals surface area contributed by atoms with Gasteiger partial charge in [0.1, 0.15) is 5.78 Å². The summed E-state index contributed by atoms with van der Waals surface area (Å²) in [4.78, 5) is 17.7. The molecule has 4 heteroatoms. The molecule has 3 heterocycles. The quantitative estimate of drug-likeness (QED) is 0.193. The van der Waals surface area contributed by atoms with Gasteiger partial charge in [-0.05, 0) is 87.8 Å². The number of hydrogen-bond acceptors (Lipinski definition) is 4. The highest BCUT2D eigenvalue weighted by atomic mass is 16.5. The number of rotatable bonds is 12. The van der Waals surface area contributed by atoms with Crippen LogP contribution in [0.4, 0.5) is 0 Å². The number of ether oxygens (including phenoxy) is 1. The maximum atomic E-state index is 10.3. The van der Waals surface area contributed by atoms with Crippen molar-refractivity contribution in [2.75, 3.05) is 0 Å². The molecule has 4 nitrogen and oxygen atoms in total. The van der Waals surface area contributed by atoms with Crippen LogP contribution in [0.5, 0.6) is 0 Å². The molecule has 0 saturated heterocycles. The zero-order valence-corrected chi connectivity index (χ0v) is 26.4. The fourth-order valence-electron chi connectivity index (χ4n) is 5.78. The van der Waals surface area contributed by atoms with Crippen LogP contribution in [0.15, 0.2) is 72.2 Å². The molecule has 1 unspecified atom stereocenters. The number of pyridine rings is 1. The zero-order chi connectivity index (χ0) is 30.3. The van der Waals surface area contributed by atoms with Crippen LogP contribution in [0.25, 0.3) is 17.8 Å². The molecule has 0 amide bonds. The highest BCUT2D eigenvalue weighted by Crippen LogP contribution is 2.47. The summed E-state index contributed by atoms with van der Waals surface area (Å²) in [6.45, 7) is 29.9. The van der Waals surface area contributed by atoms with Crippen molar-refractivity contribution in [2.45, 2.75) is 111 Å². The number of carbonyl (C=O) groups is 1. The van der Waals surface area contributed by atoms with E-state index in [0.29, 0.717) is 6.42 Å². The van der Waals surface area contributed by atoms with Gasteiger partial charge in [-0.25, -0.2) is 4.98 Å². The van der Waals surface area contributed by atoms with Crippen LogP contribution in [-0.2, 0) is 16.1 Å². The molecule has 1 atom stereocenters. The van der Waals surface area contributed by atoms with Crippen molar-refractivity contribution < 1.29 is 9.53 Å². The lowest BCUT2D eigenvalue weighted by atomic mass is 9.78. The smallest absolute Gasteiger partial charge is 0.154 e. The second kappa shape index (κ2) is 14.0. The fourth-order valence-corrected chi connectivity index (χ4v) is 5.78. The van der Waals surface area contributed by atoms with Crippen LogP contribution in [0.3, 0.4) is 0 Å². The van der Waals surface area contributed by atoms with Gasteiger partial charge in [0.25, 0.3) is 0 Å². The number of Topliss-reactive ketones (excluding diaryl/α,β-unsaturated/α-hetero) is 1. The Balaban J connectivity index is 0.000000507. The number of aromatic nitrogens is 1. The highest BCUT2D eigenvalue weighted by molar-refractivity contribution is 5.77. The third-order valence-electron chi connectivity index (χ3n) is 8.18. The van der Waals surface area contributed by atoms with E-state index in [4.69, 9.17) is 9.72 Å². The van der Waals surface area contributed by atoms with Gasteiger partial charge < -0.3 is 14.4 Å². The number of ketones is 1. The first kappa shape index (κ1) is 32.1. The third-order valence-corrected chi connectivity index (χ3v) is 8.18. The molecule has 0 bridgehead atoms. The Morgan fingerprint density at radius 1 is 1.05 bits per heavy atom. The van der Waals surface area contributed by atoms with E-state index in [9.17, 15) is 4.79 Å². The van der Waals surface area contributed by atoms with Crippen LogP contribution in [-0.4, -0.2) is 21.3 Å². The second-order valence-corrected chi connectivity index (χ2v) is 11.6.